The molecule has 0 unspecified atom stereocenters. The Morgan fingerprint density at radius 1 is 0.548 bits per heavy atom. The van der Waals surface area contributed by atoms with E-state index in [0.717, 1.165) is 0 Å². The van der Waals surface area contributed by atoms with Crippen LogP contribution in [0, 0.1) is 0 Å². The van der Waals surface area contributed by atoms with Gasteiger partial charge < -0.3 is 14.2 Å². The summed E-state index contributed by atoms with van der Waals surface area (Å²) in [5.41, 5.74) is 0. The summed E-state index contributed by atoms with van der Waals surface area (Å²) >= 11 is 0. The largest absolute Gasteiger partial charge is 0.487 e. The third-order valence-corrected chi connectivity index (χ3v) is 5.00. The van der Waals surface area contributed by atoms with Crippen LogP contribution in [0.1, 0.15) is 0 Å². The van der Waals surface area contributed by atoms with Gasteiger partial charge in [0.2, 0.25) is 23.0 Å². The second-order valence-corrected chi connectivity index (χ2v) is 8.87. The first-order chi connectivity index (χ1) is 13.7. The fourth-order valence-corrected chi connectivity index (χ4v) is 2.70. The molecule has 180 valence electrons. The Balaban J connectivity index is 2.37. The smallest absolute Gasteiger partial charge is 0.377 e. The van der Waals surface area contributed by atoms with Crippen molar-refractivity contribution in [2.24, 2.45) is 0 Å². The van der Waals surface area contributed by atoms with E-state index < -0.39 is 91.9 Å². The molecule has 0 aromatic rings. The van der Waals surface area contributed by atoms with Crippen LogP contribution in [0.25, 0.3) is 0 Å². The topological polar surface area (TPSA) is 96.0 Å². The Labute approximate surface area is 166 Å². The number of allylic oxidation sites excluding steroid dienone is 4. The van der Waals surface area contributed by atoms with Gasteiger partial charge in [-0.1, -0.05) is 0 Å². The van der Waals surface area contributed by atoms with Crippen LogP contribution in [0.15, 0.2) is 23.0 Å². The summed E-state index contributed by atoms with van der Waals surface area (Å²) in [5.74, 6) is -33.9. The summed E-state index contributed by atoms with van der Waals surface area (Å²) in [5, 5.41) is 0. The molecule has 2 aliphatic rings. The average molecular weight is 518 g/mol. The van der Waals surface area contributed by atoms with Crippen LogP contribution in [0.5, 0.6) is 0 Å². The summed E-state index contributed by atoms with van der Waals surface area (Å²) in [6.45, 7) is -3.01. The maximum atomic E-state index is 13.6. The number of hydrogen-bond donors (Lipinski definition) is 0. The first kappa shape index (κ1) is 25.3. The average Bonchev–Trinajstić information content (AvgIpc) is 2.55. The maximum Gasteiger partial charge on any atom is 0.377 e. The SMILES string of the molecule is O=S(=O)(F)CCOC1=C(OC2=C(OCCS(=O)(=O)F)C(F)(F)C2(F)F)C(F)(F)C1(F)F. The fourth-order valence-electron chi connectivity index (χ4n) is 2.14. The zero-order chi connectivity index (χ0) is 24.3. The highest BCUT2D eigenvalue weighted by Gasteiger charge is 2.80. The van der Waals surface area contributed by atoms with Gasteiger partial charge in [-0.3, -0.25) is 0 Å². The van der Waals surface area contributed by atoms with E-state index in [4.69, 9.17) is 0 Å². The Morgan fingerprint density at radius 3 is 1.06 bits per heavy atom. The van der Waals surface area contributed by atoms with Gasteiger partial charge in [-0.2, -0.15) is 52.0 Å². The second-order valence-electron chi connectivity index (χ2n) is 5.90. The predicted octanol–water partition coefficient (Wildman–Crippen LogP) is 2.63. The van der Waals surface area contributed by atoms with Crippen molar-refractivity contribution in [2.75, 3.05) is 24.7 Å². The molecule has 0 aromatic heterocycles. The van der Waals surface area contributed by atoms with Crippen LogP contribution >= 0.6 is 0 Å². The minimum absolute atomic E-state index is 1.50. The molecule has 0 N–H and O–H groups in total. The van der Waals surface area contributed by atoms with E-state index >= 15 is 0 Å². The molecule has 2 aliphatic carbocycles. The minimum Gasteiger partial charge on any atom is -0.487 e. The van der Waals surface area contributed by atoms with Crippen molar-refractivity contribution >= 4 is 20.4 Å². The third kappa shape index (κ3) is 4.37. The summed E-state index contributed by atoms with van der Waals surface area (Å²) in [6.07, 6.45) is 0. The Hall–Kier alpha value is -1.92. The van der Waals surface area contributed by atoms with E-state index in [1.54, 1.807) is 0 Å². The van der Waals surface area contributed by atoms with Crippen LogP contribution in [-0.2, 0) is 34.7 Å². The van der Waals surface area contributed by atoms with Gasteiger partial charge in [0.1, 0.15) is 24.7 Å². The molecular formula is C12H8F10O7S2. The zero-order valence-electron chi connectivity index (χ0n) is 14.3. The molecule has 31 heavy (non-hydrogen) atoms. The van der Waals surface area contributed by atoms with Crippen molar-refractivity contribution in [2.45, 2.75) is 23.7 Å². The molecule has 0 saturated heterocycles. The lowest BCUT2D eigenvalue weighted by atomic mass is 9.91. The van der Waals surface area contributed by atoms with Crippen LogP contribution in [0.2, 0.25) is 0 Å². The summed E-state index contributed by atoms with van der Waals surface area (Å²) in [4.78, 5) is 0. The molecule has 0 atom stereocenters. The molecule has 0 heterocycles. The van der Waals surface area contributed by atoms with Crippen LogP contribution in [0.4, 0.5) is 42.9 Å². The normalized spacial score (nSPS) is 23.7. The highest BCUT2D eigenvalue weighted by molar-refractivity contribution is 7.86. The van der Waals surface area contributed by atoms with E-state index in [1.807, 2.05) is 0 Å². The van der Waals surface area contributed by atoms with Gasteiger partial charge in [0.25, 0.3) is 0 Å². The number of alkyl halides is 8. The molecule has 0 amide bonds. The van der Waals surface area contributed by atoms with Gasteiger partial charge in [0.15, 0.2) is 0 Å². The van der Waals surface area contributed by atoms with Gasteiger partial charge in [0.05, 0.1) is 0 Å². The molecule has 0 radical (unpaired) electrons. The fraction of sp³-hybridized carbons (Fsp3) is 0.667. The molecule has 0 aliphatic heterocycles. The van der Waals surface area contributed by atoms with Crippen molar-refractivity contribution in [3.63, 3.8) is 0 Å². The van der Waals surface area contributed by atoms with E-state index in [9.17, 15) is 59.7 Å². The van der Waals surface area contributed by atoms with E-state index in [1.165, 1.54) is 0 Å². The molecule has 0 saturated carbocycles. The highest BCUT2D eigenvalue weighted by atomic mass is 32.3. The standard InChI is InChI=1S/C12H8F10O7S2/c13-9(14)5(27-1-3-30(21,23)24)7(11(9,17)18)29-8-6(10(15,16)12(8,19)20)28-2-4-31(22,25)26/h1-4H2. The second kappa shape index (κ2) is 7.31. The van der Waals surface area contributed by atoms with E-state index in [0.29, 0.717) is 0 Å². The molecule has 0 fully saturated rings. The summed E-state index contributed by atoms with van der Waals surface area (Å²) in [6, 6.07) is 0. The minimum atomic E-state index is -5.40. The monoisotopic (exact) mass is 518 g/mol. The Kier molecular flexibility index (Phi) is 5.97. The number of rotatable bonds is 10. The van der Waals surface area contributed by atoms with E-state index in [-0.39, 0.29) is 0 Å². The van der Waals surface area contributed by atoms with Gasteiger partial charge in [0, 0.05) is 0 Å². The van der Waals surface area contributed by atoms with Gasteiger partial charge >= 0.3 is 44.1 Å². The Bertz CT molecular complexity index is 948. The van der Waals surface area contributed by atoms with Crippen molar-refractivity contribution < 1.29 is 73.9 Å². The van der Waals surface area contributed by atoms with Gasteiger partial charge in [-0.15, -0.1) is 7.77 Å². The zero-order valence-corrected chi connectivity index (χ0v) is 15.9. The van der Waals surface area contributed by atoms with Crippen molar-refractivity contribution in [3.05, 3.63) is 23.0 Å². The maximum absolute atomic E-state index is 13.6. The predicted molar refractivity (Wildman–Crippen MR) is 76.6 cm³/mol. The molecule has 2 rings (SSSR count). The lowest BCUT2D eigenvalue weighted by Gasteiger charge is -2.43. The highest BCUT2D eigenvalue weighted by Crippen LogP contribution is 2.61. The molecule has 0 aromatic carbocycles. The van der Waals surface area contributed by atoms with Crippen molar-refractivity contribution in [1.82, 2.24) is 0 Å². The third-order valence-electron chi connectivity index (χ3n) is 3.69. The molecule has 0 spiro atoms. The summed E-state index contributed by atoms with van der Waals surface area (Å²) in [7, 11) is -10.6. The van der Waals surface area contributed by atoms with E-state index in [2.05, 4.69) is 14.2 Å². The lowest BCUT2D eigenvalue weighted by Crippen LogP contribution is -2.59. The van der Waals surface area contributed by atoms with Crippen molar-refractivity contribution in [1.29, 1.82) is 0 Å². The Morgan fingerprint density at radius 2 is 0.806 bits per heavy atom. The number of hydrogen-bond acceptors (Lipinski definition) is 7. The van der Waals surface area contributed by atoms with Crippen LogP contribution in [0.3, 0.4) is 0 Å². The molecule has 0 bridgehead atoms. The molecule has 19 heteroatoms. The first-order valence-electron chi connectivity index (χ1n) is 7.46. The first-order valence-corrected chi connectivity index (χ1v) is 10.6. The number of halogens is 10. The van der Waals surface area contributed by atoms with Crippen LogP contribution in [-0.4, -0.2) is 65.2 Å². The quantitative estimate of drug-likeness (QED) is 0.324. The van der Waals surface area contributed by atoms with Crippen LogP contribution < -0.4 is 0 Å². The van der Waals surface area contributed by atoms with Gasteiger partial charge in [-0.25, -0.2) is 0 Å². The number of ether oxygens (including phenoxy) is 3. The van der Waals surface area contributed by atoms with Crippen molar-refractivity contribution in [3.8, 4) is 0 Å². The molecular weight excluding hydrogens is 510 g/mol. The lowest BCUT2D eigenvalue weighted by molar-refractivity contribution is -0.270. The summed E-state index contributed by atoms with van der Waals surface area (Å²) < 4.78 is 186. The van der Waals surface area contributed by atoms with Gasteiger partial charge in [-0.05, 0) is 0 Å². The molecule has 7 nitrogen and oxygen atoms in total.